The number of piperazine rings is 1. The number of benzene rings is 1. The molecule has 0 spiro atoms. The summed E-state index contributed by atoms with van der Waals surface area (Å²) in [6, 6.07) is 6.76. The summed E-state index contributed by atoms with van der Waals surface area (Å²) in [5.74, 6) is 1.88. The number of imidazole rings is 1. The molecule has 0 bridgehead atoms. The van der Waals surface area contributed by atoms with Gasteiger partial charge in [-0.05, 0) is 51.0 Å². The smallest absolute Gasteiger partial charge is 0.194 e. The number of anilines is 1. The van der Waals surface area contributed by atoms with Crippen molar-refractivity contribution in [1.82, 2.24) is 19.8 Å². The second-order valence-corrected chi connectivity index (χ2v) is 7.06. The average molecular weight is 387 g/mol. The zero-order valence-electron chi connectivity index (χ0n) is 16.9. The molecule has 0 radical (unpaired) electrons. The predicted molar refractivity (Wildman–Crippen MR) is 112 cm³/mol. The number of rotatable bonds is 7. The highest BCUT2D eigenvalue weighted by Crippen LogP contribution is 2.17. The Morgan fingerprint density at radius 1 is 1.14 bits per heavy atom. The van der Waals surface area contributed by atoms with Gasteiger partial charge in [0.1, 0.15) is 11.6 Å². The van der Waals surface area contributed by atoms with Gasteiger partial charge in [-0.3, -0.25) is 4.99 Å². The van der Waals surface area contributed by atoms with Crippen molar-refractivity contribution in [3.8, 4) is 0 Å². The molecule has 3 rings (SSSR count). The summed E-state index contributed by atoms with van der Waals surface area (Å²) in [6.07, 6.45) is 6.03. The minimum atomic E-state index is -0.188. The summed E-state index contributed by atoms with van der Waals surface area (Å²) < 4.78 is 15.3. The number of nitrogens with one attached hydrogen (secondary N) is 1. The van der Waals surface area contributed by atoms with Gasteiger partial charge in [0.2, 0.25) is 0 Å². The van der Waals surface area contributed by atoms with E-state index in [1.54, 1.807) is 0 Å². The number of nitrogens with zero attached hydrogens (tertiary/aromatic N) is 5. The Labute approximate surface area is 167 Å². The van der Waals surface area contributed by atoms with Crippen molar-refractivity contribution < 1.29 is 4.39 Å². The Bertz CT molecular complexity index is 747. The van der Waals surface area contributed by atoms with E-state index in [0.717, 1.165) is 76.1 Å². The maximum Gasteiger partial charge on any atom is 0.194 e. The molecule has 1 aromatic carbocycles. The second-order valence-electron chi connectivity index (χ2n) is 7.06. The molecule has 1 N–H and O–H groups in total. The molecule has 1 fully saturated rings. The Morgan fingerprint density at radius 3 is 2.54 bits per heavy atom. The van der Waals surface area contributed by atoms with Crippen LogP contribution in [0.5, 0.6) is 0 Å². The Morgan fingerprint density at radius 2 is 1.89 bits per heavy atom. The van der Waals surface area contributed by atoms with Gasteiger partial charge in [-0.25, -0.2) is 9.37 Å². The second kappa shape index (κ2) is 10.1. The monoisotopic (exact) mass is 386 g/mol. The number of halogens is 1. The van der Waals surface area contributed by atoms with Crippen LogP contribution < -0.4 is 10.2 Å². The van der Waals surface area contributed by atoms with Crippen molar-refractivity contribution in [3.05, 3.63) is 48.3 Å². The van der Waals surface area contributed by atoms with E-state index in [1.807, 2.05) is 31.5 Å². The lowest BCUT2D eigenvalue weighted by Crippen LogP contribution is -2.52. The number of unbranched alkanes of at least 4 members (excludes halogenated alkanes) is 1. The number of aryl methyl sites for hydroxylation is 2. The number of guanidine groups is 1. The molecule has 0 atom stereocenters. The van der Waals surface area contributed by atoms with E-state index in [-0.39, 0.29) is 5.82 Å². The number of hydrogen-bond donors (Lipinski definition) is 1. The topological polar surface area (TPSA) is 48.7 Å². The maximum atomic E-state index is 13.1. The van der Waals surface area contributed by atoms with E-state index >= 15 is 0 Å². The Kier molecular flexibility index (Phi) is 7.28. The first-order chi connectivity index (χ1) is 13.7. The van der Waals surface area contributed by atoms with Crippen LogP contribution in [0.2, 0.25) is 0 Å². The molecule has 1 aliphatic heterocycles. The van der Waals surface area contributed by atoms with Crippen LogP contribution in [0.4, 0.5) is 10.1 Å². The Hall–Kier alpha value is -2.57. The van der Waals surface area contributed by atoms with Crippen LogP contribution in [0.25, 0.3) is 0 Å². The van der Waals surface area contributed by atoms with Crippen molar-refractivity contribution in [3.63, 3.8) is 0 Å². The highest BCUT2D eigenvalue weighted by atomic mass is 19.1. The first kappa shape index (κ1) is 20.2. The van der Waals surface area contributed by atoms with Crippen molar-refractivity contribution in [2.75, 3.05) is 44.2 Å². The molecule has 2 aromatic rings. The molecular weight excluding hydrogens is 355 g/mol. The fourth-order valence-electron chi connectivity index (χ4n) is 3.47. The van der Waals surface area contributed by atoms with Crippen LogP contribution in [0.3, 0.4) is 0 Å². The molecule has 152 valence electrons. The summed E-state index contributed by atoms with van der Waals surface area (Å²) in [7, 11) is 0. The van der Waals surface area contributed by atoms with Crippen LogP contribution in [0.15, 0.2) is 41.7 Å². The largest absolute Gasteiger partial charge is 0.368 e. The molecule has 1 aromatic heterocycles. The van der Waals surface area contributed by atoms with Gasteiger partial charge in [0.15, 0.2) is 5.96 Å². The predicted octanol–water partition coefficient (Wildman–Crippen LogP) is 2.90. The third-order valence-corrected chi connectivity index (χ3v) is 5.10. The SMILES string of the molecule is CCNC(=NCCCCn1ccnc1C)N1CCN(c2ccc(F)cc2)CC1. The third kappa shape index (κ3) is 5.47. The molecule has 1 aliphatic rings. The fraction of sp³-hybridized carbons (Fsp3) is 0.524. The van der Waals surface area contributed by atoms with Crippen molar-refractivity contribution >= 4 is 11.6 Å². The van der Waals surface area contributed by atoms with E-state index in [2.05, 4.69) is 31.6 Å². The van der Waals surface area contributed by atoms with Gasteiger partial charge in [0.25, 0.3) is 0 Å². The maximum absolute atomic E-state index is 13.1. The van der Waals surface area contributed by atoms with Crippen molar-refractivity contribution in [2.45, 2.75) is 33.2 Å². The molecule has 6 nitrogen and oxygen atoms in total. The van der Waals surface area contributed by atoms with Gasteiger partial charge < -0.3 is 19.7 Å². The van der Waals surface area contributed by atoms with Crippen molar-refractivity contribution in [1.29, 1.82) is 0 Å². The zero-order valence-corrected chi connectivity index (χ0v) is 16.9. The van der Waals surface area contributed by atoms with Gasteiger partial charge in [-0.1, -0.05) is 0 Å². The lowest BCUT2D eigenvalue weighted by molar-refractivity contribution is 0.372. The molecule has 0 amide bonds. The number of aliphatic imine (C=N–C) groups is 1. The van der Waals surface area contributed by atoms with Gasteiger partial charge in [-0.2, -0.15) is 0 Å². The summed E-state index contributed by atoms with van der Waals surface area (Å²) in [6.45, 7) is 10.5. The van der Waals surface area contributed by atoms with Gasteiger partial charge in [0, 0.05) is 63.9 Å². The van der Waals surface area contributed by atoms with Crippen molar-refractivity contribution in [2.24, 2.45) is 4.99 Å². The average Bonchev–Trinajstić information content (AvgIpc) is 3.12. The lowest BCUT2D eigenvalue weighted by Gasteiger charge is -2.37. The molecule has 28 heavy (non-hydrogen) atoms. The van der Waals surface area contributed by atoms with Gasteiger partial charge in [0.05, 0.1) is 0 Å². The molecule has 1 saturated heterocycles. The molecule has 0 aliphatic carbocycles. The molecular formula is C21H31FN6. The molecule has 0 saturated carbocycles. The van der Waals surface area contributed by atoms with Gasteiger partial charge in [-0.15, -0.1) is 0 Å². The summed E-state index contributed by atoms with van der Waals surface area (Å²) >= 11 is 0. The quantitative estimate of drug-likeness (QED) is 0.452. The fourth-order valence-corrected chi connectivity index (χ4v) is 3.47. The van der Waals surface area contributed by atoms with E-state index in [1.165, 1.54) is 12.1 Å². The first-order valence-electron chi connectivity index (χ1n) is 10.2. The summed E-state index contributed by atoms with van der Waals surface area (Å²) in [5.41, 5.74) is 1.08. The summed E-state index contributed by atoms with van der Waals surface area (Å²) in [4.78, 5) is 13.7. The standard InChI is InChI=1S/C21H31FN6/c1-3-23-21(25-10-4-5-12-26-13-11-24-18(26)2)28-16-14-27(15-17-28)20-8-6-19(22)7-9-20/h6-9,11,13H,3-5,10,12,14-17H2,1-2H3,(H,23,25). The highest BCUT2D eigenvalue weighted by Gasteiger charge is 2.19. The van der Waals surface area contributed by atoms with Crippen LogP contribution in [-0.4, -0.2) is 59.7 Å². The highest BCUT2D eigenvalue weighted by molar-refractivity contribution is 5.80. The number of aromatic nitrogens is 2. The number of hydrogen-bond acceptors (Lipinski definition) is 3. The van der Waals surface area contributed by atoms with Gasteiger partial charge >= 0.3 is 0 Å². The van der Waals surface area contributed by atoms with E-state index in [9.17, 15) is 4.39 Å². The molecule has 2 heterocycles. The normalized spacial score (nSPS) is 15.2. The zero-order chi connectivity index (χ0) is 19.8. The van der Waals surface area contributed by atoms with E-state index < -0.39 is 0 Å². The molecule has 0 unspecified atom stereocenters. The van der Waals surface area contributed by atoms with Crippen LogP contribution in [0, 0.1) is 12.7 Å². The van der Waals surface area contributed by atoms with E-state index in [0.29, 0.717) is 0 Å². The third-order valence-electron chi connectivity index (χ3n) is 5.10. The summed E-state index contributed by atoms with van der Waals surface area (Å²) in [5, 5.41) is 3.42. The van der Waals surface area contributed by atoms with Crippen LogP contribution in [0.1, 0.15) is 25.6 Å². The van der Waals surface area contributed by atoms with Crippen LogP contribution in [-0.2, 0) is 6.54 Å². The minimum absolute atomic E-state index is 0.188. The minimum Gasteiger partial charge on any atom is -0.368 e. The molecule has 7 heteroatoms. The first-order valence-corrected chi connectivity index (χ1v) is 10.2. The Balaban J connectivity index is 1.46. The van der Waals surface area contributed by atoms with E-state index in [4.69, 9.17) is 4.99 Å². The van der Waals surface area contributed by atoms with Crippen LogP contribution >= 0.6 is 0 Å². The lowest BCUT2D eigenvalue weighted by atomic mass is 10.2.